The number of rotatable bonds is 6. The van der Waals surface area contributed by atoms with Crippen molar-refractivity contribution in [3.63, 3.8) is 0 Å². The lowest BCUT2D eigenvalue weighted by Crippen LogP contribution is -3.10. The highest BCUT2D eigenvalue weighted by molar-refractivity contribution is 6.35. The van der Waals surface area contributed by atoms with Gasteiger partial charge in [-0.15, -0.1) is 0 Å². The zero-order valence-corrected chi connectivity index (χ0v) is 13.8. The number of halogens is 1. The van der Waals surface area contributed by atoms with E-state index in [1.54, 1.807) is 0 Å². The lowest BCUT2D eigenvalue weighted by atomic mass is 10.1. The quantitative estimate of drug-likeness (QED) is 0.846. The van der Waals surface area contributed by atoms with E-state index in [4.69, 9.17) is 11.6 Å². The van der Waals surface area contributed by atoms with E-state index in [1.165, 1.54) is 17.7 Å². The topological polar surface area (TPSA) is 37.3 Å². The minimum absolute atomic E-state index is 0.117. The molecule has 1 unspecified atom stereocenters. The summed E-state index contributed by atoms with van der Waals surface area (Å²) in [5.74, 6) is 0. The zero-order chi connectivity index (χ0) is 15.4. The maximum absolute atomic E-state index is 12.7. The van der Waals surface area contributed by atoms with Crippen LogP contribution in [0, 0.1) is 6.92 Å². The monoisotopic (exact) mass is 307 g/mol. The van der Waals surface area contributed by atoms with Gasteiger partial charge in [0.25, 0.3) is 0 Å². The number of aromatic amines is 1. The van der Waals surface area contributed by atoms with Crippen LogP contribution in [0.4, 0.5) is 0 Å². The Labute approximate surface area is 130 Å². The average molecular weight is 308 g/mol. The van der Waals surface area contributed by atoms with E-state index in [1.807, 2.05) is 25.1 Å². The Hall–Kier alpha value is -1.32. The lowest BCUT2D eigenvalue weighted by Gasteiger charge is -2.18. The minimum Gasteiger partial charge on any atom is -0.357 e. The first-order valence-electron chi connectivity index (χ1n) is 7.72. The van der Waals surface area contributed by atoms with Gasteiger partial charge in [0.2, 0.25) is 0 Å². The number of hydrogen-bond acceptors (Lipinski definition) is 1. The lowest BCUT2D eigenvalue weighted by molar-refractivity contribution is -0.912. The van der Waals surface area contributed by atoms with Crippen molar-refractivity contribution < 1.29 is 4.90 Å². The Morgan fingerprint density at radius 1 is 1.29 bits per heavy atom. The smallest absolute Gasteiger partial charge is 0.198 e. The molecule has 21 heavy (non-hydrogen) atoms. The van der Waals surface area contributed by atoms with Crippen molar-refractivity contribution >= 4 is 22.5 Å². The molecule has 0 radical (unpaired) electrons. The summed E-state index contributed by atoms with van der Waals surface area (Å²) in [6.45, 7) is 9.26. The van der Waals surface area contributed by atoms with Crippen molar-refractivity contribution in [2.24, 2.45) is 0 Å². The number of para-hydroxylation sites is 1. The summed E-state index contributed by atoms with van der Waals surface area (Å²) in [6.07, 6.45) is 2.38. The summed E-state index contributed by atoms with van der Waals surface area (Å²) < 4.78 is 0. The molecule has 3 nitrogen and oxygen atoms in total. The predicted molar refractivity (Wildman–Crippen MR) is 89.3 cm³/mol. The van der Waals surface area contributed by atoms with Gasteiger partial charge in [-0.25, -0.2) is 0 Å². The fourth-order valence-corrected chi connectivity index (χ4v) is 2.94. The van der Waals surface area contributed by atoms with Crippen LogP contribution in [-0.2, 0) is 6.54 Å². The summed E-state index contributed by atoms with van der Waals surface area (Å²) in [5.41, 5.74) is 2.68. The van der Waals surface area contributed by atoms with Crippen molar-refractivity contribution in [3.8, 4) is 0 Å². The largest absolute Gasteiger partial charge is 0.357 e. The van der Waals surface area contributed by atoms with E-state index >= 15 is 0 Å². The number of fused-ring (bicyclic) bond motifs is 1. The number of pyridine rings is 1. The Kier molecular flexibility index (Phi) is 5.43. The van der Waals surface area contributed by atoms with E-state index in [2.05, 4.69) is 18.8 Å². The highest BCUT2D eigenvalue weighted by Crippen LogP contribution is 2.20. The molecular weight excluding hydrogens is 284 g/mol. The van der Waals surface area contributed by atoms with Gasteiger partial charge in [-0.3, -0.25) is 4.79 Å². The zero-order valence-electron chi connectivity index (χ0n) is 13.1. The molecule has 1 aromatic heterocycles. The average Bonchev–Trinajstić information content (AvgIpc) is 2.48. The summed E-state index contributed by atoms with van der Waals surface area (Å²) in [4.78, 5) is 17.5. The van der Waals surface area contributed by atoms with Gasteiger partial charge in [0, 0.05) is 11.1 Å². The third kappa shape index (κ3) is 3.47. The summed E-state index contributed by atoms with van der Waals surface area (Å²) in [6, 6.07) is 5.49. The first-order valence-corrected chi connectivity index (χ1v) is 8.09. The second-order valence-electron chi connectivity index (χ2n) is 5.60. The van der Waals surface area contributed by atoms with Crippen LogP contribution < -0.4 is 10.3 Å². The van der Waals surface area contributed by atoms with Crippen molar-refractivity contribution in [3.05, 3.63) is 44.7 Å². The number of nitrogens with one attached hydrogen (secondary N) is 2. The van der Waals surface area contributed by atoms with E-state index in [9.17, 15) is 4.79 Å². The third-order valence-corrected chi connectivity index (χ3v) is 4.42. The molecule has 1 heterocycles. The fraction of sp³-hybridized carbons (Fsp3) is 0.471. The molecule has 0 fully saturated rings. The minimum atomic E-state index is 0.117. The third-order valence-electron chi connectivity index (χ3n) is 4.11. The summed E-state index contributed by atoms with van der Waals surface area (Å²) >= 11 is 6.18. The fourth-order valence-electron chi connectivity index (χ4n) is 2.72. The van der Waals surface area contributed by atoms with Gasteiger partial charge < -0.3 is 9.88 Å². The van der Waals surface area contributed by atoms with Crippen molar-refractivity contribution in [1.82, 2.24) is 4.98 Å². The molecule has 0 aliphatic heterocycles. The van der Waals surface area contributed by atoms with Crippen molar-refractivity contribution in [1.29, 1.82) is 0 Å². The highest BCUT2D eigenvalue weighted by atomic mass is 35.5. The molecule has 0 aliphatic rings. The maximum atomic E-state index is 12.7. The molecule has 2 N–H and O–H groups in total. The van der Waals surface area contributed by atoms with Gasteiger partial charge in [-0.1, -0.05) is 31.0 Å². The number of benzene rings is 1. The Balaban J connectivity index is 2.42. The SMILES string of the molecule is CCCC[NH+](CC)Cc1c(C)[nH]c2c(Cl)cccc2c1=O. The van der Waals surface area contributed by atoms with Crippen LogP contribution in [0.1, 0.15) is 37.9 Å². The Bertz CT molecular complexity index is 678. The molecular formula is C17H24ClN2O+. The molecule has 2 rings (SSSR count). The van der Waals surface area contributed by atoms with Gasteiger partial charge >= 0.3 is 0 Å². The van der Waals surface area contributed by atoms with Gasteiger partial charge in [0.15, 0.2) is 5.43 Å². The van der Waals surface area contributed by atoms with Crippen LogP contribution in [-0.4, -0.2) is 18.1 Å². The predicted octanol–water partition coefficient (Wildman–Crippen LogP) is 2.69. The van der Waals surface area contributed by atoms with E-state index in [0.29, 0.717) is 10.4 Å². The molecule has 0 saturated heterocycles. The molecule has 4 heteroatoms. The number of aryl methyl sites for hydroxylation is 1. The second-order valence-corrected chi connectivity index (χ2v) is 6.01. The van der Waals surface area contributed by atoms with Gasteiger partial charge in [0.05, 0.1) is 29.2 Å². The molecule has 0 aliphatic carbocycles. The van der Waals surface area contributed by atoms with Crippen molar-refractivity contribution in [2.75, 3.05) is 13.1 Å². The highest BCUT2D eigenvalue weighted by Gasteiger charge is 2.15. The van der Waals surface area contributed by atoms with Crippen LogP contribution in [0.25, 0.3) is 10.9 Å². The second kappa shape index (κ2) is 7.10. The molecule has 114 valence electrons. The van der Waals surface area contributed by atoms with Gasteiger partial charge in [-0.2, -0.15) is 0 Å². The first-order chi connectivity index (χ1) is 10.1. The summed E-state index contributed by atoms with van der Waals surface area (Å²) in [7, 11) is 0. The van der Waals surface area contributed by atoms with Gasteiger partial charge in [0.1, 0.15) is 6.54 Å². The van der Waals surface area contributed by atoms with E-state index in [0.717, 1.165) is 36.4 Å². The molecule has 0 spiro atoms. The van der Waals surface area contributed by atoms with E-state index < -0.39 is 0 Å². The number of quaternary nitrogens is 1. The van der Waals surface area contributed by atoms with E-state index in [-0.39, 0.29) is 5.43 Å². The summed E-state index contributed by atoms with van der Waals surface area (Å²) in [5, 5.41) is 1.29. The number of aromatic nitrogens is 1. The molecule has 1 atom stereocenters. The molecule has 2 aromatic rings. The molecule has 0 amide bonds. The van der Waals surface area contributed by atoms with Crippen LogP contribution in [0.15, 0.2) is 23.0 Å². The number of hydrogen-bond donors (Lipinski definition) is 2. The van der Waals surface area contributed by atoms with Crippen LogP contribution in [0.2, 0.25) is 5.02 Å². The number of H-pyrrole nitrogens is 1. The molecule has 1 aromatic carbocycles. The van der Waals surface area contributed by atoms with Crippen LogP contribution >= 0.6 is 11.6 Å². The van der Waals surface area contributed by atoms with Crippen molar-refractivity contribution in [2.45, 2.75) is 40.2 Å². The first kappa shape index (κ1) is 16.1. The Morgan fingerprint density at radius 2 is 2.05 bits per heavy atom. The van der Waals surface area contributed by atoms with Crippen LogP contribution in [0.3, 0.4) is 0 Å². The molecule has 0 bridgehead atoms. The Morgan fingerprint density at radius 3 is 2.71 bits per heavy atom. The molecule has 0 saturated carbocycles. The normalized spacial score (nSPS) is 12.8. The standard InChI is InChI=1S/C17H23ClN2O/c1-4-6-10-20(5-2)11-14-12(3)19-16-13(17(14)21)8-7-9-15(16)18/h7-9H,4-6,10-11H2,1-3H3,(H,19,21)/p+1. The van der Waals surface area contributed by atoms with Crippen LogP contribution in [0.5, 0.6) is 0 Å². The number of unbranched alkanes of at least 4 members (excludes halogenated alkanes) is 1. The van der Waals surface area contributed by atoms with Gasteiger partial charge in [-0.05, 0) is 32.4 Å². The maximum Gasteiger partial charge on any atom is 0.198 e.